The quantitative estimate of drug-likeness (QED) is 0.265. The van der Waals surface area contributed by atoms with Crippen LogP contribution in [0.3, 0.4) is 0 Å². The molecule has 0 radical (unpaired) electrons. The second kappa shape index (κ2) is 6.41. The summed E-state index contributed by atoms with van der Waals surface area (Å²) in [4.78, 5) is 6.11. The Labute approximate surface area is 185 Å². The third-order valence-electron chi connectivity index (χ3n) is 6.11. The molecule has 0 amide bonds. The second-order valence-corrected chi connectivity index (χ2v) is 10.6. The number of furan rings is 1. The normalized spacial score (nSPS) is 12.5. The van der Waals surface area contributed by atoms with Crippen molar-refractivity contribution in [2.75, 3.05) is 0 Å². The zero-order chi connectivity index (χ0) is 21.3. The summed E-state index contributed by atoms with van der Waals surface area (Å²) < 4.78 is 7.73. The number of fused-ring (bicyclic) bond motifs is 6. The van der Waals surface area contributed by atoms with E-state index >= 15 is 0 Å². The highest BCUT2D eigenvalue weighted by molar-refractivity contribution is 7.19. The summed E-state index contributed by atoms with van der Waals surface area (Å²) in [6, 6.07) is 21.8. The summed E-state index contributed by atoms with van der Waals surface area (Å²) >= 11 is 1.83. The molecule has 0 aliphatic rings. The molecule has 3 heteroatoms. The van der Waals surface area contributed by atoms with Gasteiger partial charge < -0.3 is 4.42 Å². The topological polar surface area (TPSA) is 26.0 Å². The molecule has 0 spiro atoms. The molecule has 0 unspecified atom stereocenters. The van der Waals surface area contributed by atoms with Crippen LogP contribution in [-0.2, 0) is 5.41 Å². The van der Waals surface area contributed by atoms with Gasteiger partial charge in [0.25, 0.3) is 0 Å². The molecule has 0 atom stereocenters. The summed E-state index contributed by atoms with van der Waals surface area (Å²) in [5, 5.41) is 6.12. The van der Waals surface area contributed by atoms with Gasteiger partial charge in [-0.2, -0.15) is 0 Å². The Kier molecular flexibility index (Phi) is 3.85. The Balaban J connectivity index is 1.71. The molecule has 0 saturated carbocycles. The molecule has 3 aromatic carbocycles. The first kappa shape index (κ1) is 18.6. The number of thiophene rings is 1. The van der Waals surface area contributed by atoms with Crippen molar-refractivity contribution in [2.24, 2.45) is 0 Å². The third kappa shape index (κ3) is 2.80. The van der Waals surface area contributed by atoms with Crippen LogP contribution in [-0.4, -0.2) is 4.98 Å². The number of pyridine rings is 1. The highest BCUT2D eigenvalue weighted by Gasteiger charge is 2.21. The number of aryl methyl sites for hydroxylation is 1. The van der Waals surface area contributed by atoms with Crippen molar-refractivity contribution in [3.63, 3.8) is 0 Å². The van der Waals surface area contributed by atoms with E-state index in [2.05, 4.69) is 88.4 Å². The van der Waals surface area contributed by atoms with Crippen molar-refractivity contribution in [3.8, 4) is 11.3 Å². The van der Waals surface area contributed by atoms with Gasteiger partial charge in [-0.1, -0.05) is 45.0 Å². The van der Waals surface area contributed by atoms with Crippen molar-refractivity contribution in [2.45, 2.75) is 33.1 Å². The minimum absolute atomic E-state index is 0.0255. The lowest BCUT2D eigenvalue weighted by molar-refractivity contribution is 0.596. The summed E-state index contributed by atoms with van der Waals surface area (Å²) in [7, 11) is 0. The van der Waals surface area contributed by atoms with Crippen LogP contribution in [0, 0.1) is 6.92 Å². The maximum Gasteiger partial charge on any atom is 0.161 e. The van der Waals surface area contributed by atoms with E-state index in [1.165, 1.54) is 36.7 Å². The lowest BCUT2D eigenvalue weighted by Gasteiger charge is -2.22. The molecule has 3 heterocycles. The molecule has 2 nitrogen and oxygen atoms in total. The van der Waals surface area contributed by atoms with E-state index in [9.17, 15) is 0 Å². The van der Waals surface area contributed by atoms with Crippen LogP contribution >= 0.6 is 11.3 Å². The van der Waals surface area contributed by atoms with E-state index < -0.39 is 0 Å². The maximum atomic E-state index is 6.44. The van der Waals surface area contributed by atoms with E-state index in [4.69, 9.17) is 9.40 Å². The number of nitrogens with zero attached hydrogens (tertiary/aromatic N) is 1. The van der Waals surface area contributed by atoms with Crippen molar-refractivity contribution in [1.29, 1.82) is 0 Å². The van der Waals surface area contributed by atoms with Gasteiger partial charge in [0.05, 0.1) is 0 Å². The van der Waals surface area contributed by atoms with Gasteiger partial charge in [0.1, 0.15) is 11.3 Å². The highest BCUT2D eigenvalue weighted by Crippen LogP contribution is 2.42. The van der Waals surface area contributed by atoms with Gasteiger partial charge in [0.15, 0.2) is 5.58 Å². The minimum atomic E-state index is 0.0255. The van der Waals surface area contributed by atoms with Crippen LogP contribution < -0.4 is 0 Å². The number of hydrogen-bond donors (Lipinski definition) is 0. The fourth-order valence-corrected chi connectivity index (χ4v) is 5.64. The summed E-state index contributed by atoms with van der Waals surface area (Å²) in [6.07, 6.45) is 1.91. The zero-order valence-corrected chi connectivity index (χ0v) is 18.9. The number of hydrogen-bond acceptors (Lipinski definition) is 3. The van der Waals surface area contributed by atoms with Crippen molar-refractivity contribution >= 4 is 54.1 Å². The van der Waals surface area contributed by atoms with Crippen molar-refractivity contribution in [3.05, 3.63) is 77.3 Å². The van der Waals surface area contributed by atoms with E-state index in [1.54, 1.807) is 0 Å². The first-order valence-electron chi connectivity index (χ1n) is 10.6. The predicted octanol–water partition coefficient (Wildman–Crippen LogP) is 8.62. The van der Waals surface area contributed by atoms with Crippen LogP contribution in [0.1, 0.15) is 31.2 Å². The van der Waals surface area contributed by atoms with Gasteiger partial charge in [-0.15, -0.1) is 11.3 Å². The smallest absolute Gasteiger partial charge is 0.161 e. The Hall–Kier alpha value is -3.17. The average molecular weight is 422 g/mol. The maximum absolute atomic E-state index is 6.44. The molecule has 0 fully saturated rings. The Morgan fingerprint density at radius 3 is 2.55 bits per heavy atom. The molecule has 3 aromatic heterocycles. The van der Waals surface area contributed by atoms with E-state index in [-0.39, 0.29) is 5.41 Å². The van der Waals surface area contributed by atoms with Crippen LogP contribution in [0.5, 0.6) is 0 Å². The fraction of sp³-hybridized carbons (Fsp3) is 0.179. The van der Waals surface area contributed by atoms with Gasteiger partial charge in [-0.25, -0.2) is 0 Å². The van der Waals surface area contributed by atoms with E-state index in [0.717, 1.165) is 27.8 Å². The van der Waals surface area contributed by atoms with Crippen molar-refractivity contribution in [1.82, 2.24) is 4.98 Å². The van der Waals surface area contributed by atoms with Gasteiger partial charge in [-0.05, 0) is 65.1 Å². The van der Waals surface area contributed by atoms with Crippen LogP contribution in [0.25, 0.3) is 54.1 Å². The first-order valence-corrected chi connectivity index (χ1v) is 11.5. The molecule has 0 aliphatic carbocycles. The predicted molar refractivity (Wildman–Crippen MR) is 133 cm³/mol. The SMILES string of the molecule is Cc1cc2c(ccc3oc4c(-c5cc(C(C)(C)C)c6ccccc6c5)nccc4c32)s1. The average Bonchev–Trinajstić information content (AvgIpc) is 3.31. The third-order valence-corrected chi connectivity index (χ3v) is 7.13. The van der Waals surface area contributed by atoms with Crippen LogP contribution in [0.4, 0.5) is 0 Å². The number of aromatic nitrogens is 1. The largest absolute Gasteiger partial charge is 0.454 e. The minimum Gasteiger partial charge on any atom is -0.454 e. The van der Waals surface area contributed by atoms with Gasteiger partial charge >= 0.3 is 0 Å². The Morgan fingerprint density at radius 1 is 0.871 bits per heavy atom. The number of benzene rings is 3. The molecule has 0 saturated heterocycles. The Bertz CT molecular complexity index is 1630. The molecule has 0 bridgehead atoms. The summed E-state index contributed by atoms with van der Waals surface area (Å²) in [5.74, 6) is 0. The monoisotopic (exact) mass is 421 g/mol. The van der Waals surface area contributed by atoms with Crippen LogP contribution in [0.15, 0.2) is 71.3 Å². The van der Waals surface area contributed by atoms with Gasteiger partial charge in [-0.3, -0.25) is 4.98 Å². The highest BCUT2D eigenvalue weighted by atomic mass is 32.1. The molecule has 0 aliphatic heterocycles. The van der Waals surface area contributed by atoms with E-state index in [0.29, 0.717) is 0 Å². The fourth-order valence-electron chi connectivity index (χ4n) is 4.71. The lowest BCUT2D eigenvalue weighted by Crippen LogP contribution is -2.12. The molecule has 6 rings (SSSR count). The van der Waals surface area contributed by atoms with Crippen LogP contribution in [0.2, 0.25) is 0 Å². The molecular weight excluding hydrogens is 398 g/mol. The Morgan fingerprint density at radius 2 is 1.71 bits per heavy atom. The molecule has 0 N–H and O–H groups in total. The second-order valence-electron chi connectivity index (χ2n) is 9.34. The standard InChI is InChI=1S/C28H23NOS/c1-16-13-21-24(31-16)10-9-23-25(21)20-11-12-29-26(27(20)30-23)18-14-17-7-5-6-8-19(17)22(15-18)28(2,3)4/h5-15H,1-4H3. The van der Waals surface area contributed by atoms with Gasteiger partial charge in [0, 0.05) is 37.5 Å². The first-order chi connectivity index (χ1) is 14.9. The van der Waals surface area contributed by atoms with E-state index in [1.807, 2.05) is 17.5 Å². The van der Waals surface area contributed by atoms with Crippen molar-refractivity contribution < 1.29 is 4.42 Å². The zero-order valence-electron chi connectivity index (χ0n) is 18.1. The molecular formula is C28H23NOS. The lowest BCUT2D eigenvalue weighted by atomic mass is 9.82. The molecule has 152 valence electrons. The molecule has 31 heavy (non-hydrogen) atoms. The summed E-state index contributed by atoms with van der Waals surface area (Å²) in [6.45, 7) is 8.96. The summed E-state index contributed by atoms with van der Waals surface area (Å²) in [5.41, 5.74) is 5.15. The number of rotatable bonds is 1. The molecule has 6 aromatic rings. The van der Waals surface area contributed by atoms with Gasteiger partial charge in [0.2, 0.25) is 0 Å².